The second kappa shape index (κ2) is 7.54. The summed E-state index contributed by atoms with van der Waals surface area (Å²) in [6, 6.07) is -0.541. The molecule has 0 saturated carbocycles. The lowest BCUT2D eigenvalue weighted by Gasteiger charge is -2.19. The van der Waals surface area contributed by atoms with Gasteiger partial charge < -0.3 is 10.6 Å². The van der Waals surface area contributed by atoms with Crippen LogP contribution in [0.4, 0.5) is 0 Å². The van der Waals surface area contributed by atoms with Crippen molar-refractivity contribution in [3.8, 4) is 0 Å². The van der Waals surface area contributed by atoms with Crippen LogP contribution < -0.4 is 10.6 Å². The van der Waals surface area contributed by atoms with Crippen molar-refractivity contribution in [1.29, 1.82) is 0 Å². The van der Waals surface area contributed by atoms with Gasteiger partial charge in [0.2, 0.25) is 11.8 Å². The van der Waals surface area contributed by atoms with Gasteiger partial charge in [-0.05, 0) is 11.8 Å². The Labute approximate surface area is 103 Å². The summed E-state index contributed by atoms with van der Waals surface area (Å²) in [5, 5.41) is 5.37. The maximum atomic E-state index is 11.7. The molecule has 2 atom stereocenters. The molecule has 0 aliphatic carbocycles. The van der Waals surface area contributed by atoms with Gasteiger partial charge in [-0.25, -0.2) is 0 Å². The average Bonchev–Trinajstić information content (AvgIpc) is 2.21. The molecule has 0 aliphatic heterocycles. The Hall–Kier alpha value is -0.710. The van der Waals surface area contributed by atoms with Gasteiger partial charge in [-0.2, -0.15) is 12.6 Å². The minimum Gasteiger partial charge on any atom is -0.354 e. The zero-order chi connectivity index (χ0) is 12.7. The minimum absolute atomic E-state index is 0.169. The second-order valence-electron chi connectivity index (χ2n) is 4.40. The molecule has 2 amide bonds. The van der Waals surface area contributed by atoms with E-state index >= 15 is 0 Å². The molecule has 0 aromatic heterocycles. The molecule has 0 aliphatic rings. The van der Waals surface area contributed by atoms with E-state index in [0.717, 1.165) is 0 Å². The van der Waals surface area contributed by atoms with Crippen molar-refractivity contribution in [2.75, 3.05) is 12.3 Å². The first-order chi connectivity index (χ1) is 7.38. The summed E-state index contributed by atoms with van der Waals surface area (Å²) in [4.78, 5) is 22.5. The van der Waals surface area contributed by atoms with Crippen LogP contribution in [0.2, 0.25) is 0 Å². The Morgan fingerprint density at radius 3 is 2.19 bits per heavy atom. The summed E-state index contributed by atoms with van der Waals surface area (Å²) in [6.07, 6.45) is 0. The van der Waals surface area contributed by atoms with E-state index in [0.29, 0.717) is 24.1 Å². The van der Waals surface area contributed by atoms with Gasteiger partial charge in [-0.1, -0.05) is 20.8 Å². The quantitative estimate of drug-likeness (QED) is 0.608. The topological polar surface area (TPSA) is 58.2 Å². The molecule has 0 aromatic carbocycles. The van der Waals surface area contributed by atoms with Crippen LogP contribution in [0, 0.1) is 11.8 Å². The Kier molecular flexibility index (Phi) is 7.21. The summed E-state index contributed by atoms with van der Waals surface area (Å²) in [7, 11) is 0. The highest BCUT2D eigenvalue weighted by atomic mass is 32.1. The Morgan fingerprint density at radius 2 is 1.81 bits per heavy atom. The van der Waals surface area contributed by atoms with E-state index in [2.05, 4.69) is 44.0 Å². The number of rotatable bonds is 6. The Balaban J connectivity index is 4.07. The first kappa shape index (κ1) is 15.3. The zero-order valence-corrected chi connectivity index (χ0v) is 11.3. The van der Waals surface area contributed by atoms with Crippen molar-refractivity contribution in [3.05, 3.63) is 0 Å². The maximum Gasteiger partial charge on any atom is 0.243 e. The monoisotopic (exact) mass is 246 g/mol. The number of hydrogen-bond donors (Lipinski definition) is 3. The number of carbonyl (C=O) groups is 2. The van der Waals surface area contributed by atoms with Crippen LogP contribution in [0.15, 0.2) is 0 Å². The molecule has 0 radical (unpaired) electrons. The molecule has 0 bridgehead atoms. The van der Waals surface area contributed by atoms with Gasteiger partial charge in [-0.3, -0.25) is 9.59 Å². The third-order valence-corrected chi connectivity index (χ3v) is 2.98. The summed E-state index contributed by atoms with van der Waals surface area (Å²) in [5.41, 5.74) is 0. The van der Waals surface area contributed by atoms with E-state index in [4.69, 9.17) is 0 Å². The van der Waals surface area contributed by atoms with Crippen molar-refractivity contribution in [2.24, 2.45) is 11.8 Å². The molecule has 5 heteroatoms. The van der Waals surface area contributed by atoms with Crippen LogP contribution >= 0.6 is 12.6 Å². The molecule has 2 unspecified atom stereocenters. The molecule has 0 heterocycles. The molecule has 0 fully saturated rings. The first-order valence-corrected chi connectivity index (χ1v) is 6.17. The average molecular weight is 246 g/mol. The normalized spacial score (nSPS) is 14.4. The third-order valence-electron chi connectivity index (χ3n) is 2.61. The lowest BCUT2D eigenvalue weighted by Crippen LogP contribution is -2.48. The van der Waals surface area contributed by atoms with Crippen LogP contribution in [0.1, 0.15) is 27.7 Å². The van der Waals surface area contributed by atoms with Gasteiger partial charge in [-0.15, -0.1) is 0 Å². The Morgan fingerprint density at radius 1 is 1.25 bits per heavy atom. The summed E-state index contributed by atoms with van der Waals surface area (Å²) in [6.45, 7) is 8.32. The highest BCUT2D eigenvalue weighted by Gasteiger charge is 2.18. The fraction of sp³-hybridized carbons (Fsp3) is 0.818. The van der Waals surface area contributed by atoms with Gasteiger partial charge >= 0.3 is 0 Å². The SMILES string of the molecule is CC(=O)NC(CS)C(=O)NCC(C)C(C)C. The molecular formula is C11H22N2O2S. The van der Waals surface area contributed by atoms with Crippen molar-refractivity contribution in [2.45, 2.75) is 33.7 Å². The molecule has 2 N–H and O–H groups in total. The fourth-order valence-corrected chi connectivity index (χ4v) is 1.32. The molecule has 16 heavy (non-hydrogen) atoms. The highest BCUT2D eigenvalue weighted by Crippen LogP contribution is 2.07. The molecule has 0 aromatic rings. The lowest BCUT2D eigenvalue weighted by atomic mass is 9.98. The van der Waals surface area contributed by atoms with Gasteiger partial charge in [0.25, 0.3) is 0 Å². The van der Waals surface area contributed by atoms with Crippen LogP contribution in [-0.4, -0.2) is 30.2 Å². The smallest absolute Gasteiger partial charge is 0.243 e. The number of thiol groups is 1. The summed E-state index contributed by atoms with van der Waals surface area (Å²) >= 11 is 4.04. The largest absolute Gasteiger partial charge is 0.354 e. The number of hydrogen-bond acceptors (Lipinski definition) is 3. The van der Waals surface area contributed by atoms with Crippen molar-refractivity contribution in [3.63, 3.8) is 0 Å². The summed E-state index contributed by atoms with van der Waals surface area (Å²) < 4.78 is 0. The zero-order valence-electron chi connectivity index (χ0n) is 10.4. The third kappa shape index (κ3) is 6.00. The van der Waals surface area contributed by atoms with E-state index in [-0.39, 0.29) is 11.8 Å². The molecule has 0 rings (SSSR count). The highest BCUT2D eigenvalue weighted by molar-refractivity contribution is 7.80. The standard InChI is InChI=1S/C11H22N2O2S/c1-7(2)8(3)5-12-11(15)10(6-16)13-9(4)14/h7-8,10,16H,5-6H2,1-4H3,(H,12,15)(H,13,14). The number of carbonyl (C=O) groups excluding carboxylic acids is 2. The van der Waals surface area contributed by atoms with Gasteiger partial charge in [0.15, 0.2) is 0 Å². The van der Waals surface area contributed by atoms with E-state index in [1.54, 1.807) is 0 Å². The molecule has 94 valence electrons. The van der Waals surface area contributed by atoms with Crippen LogP contribution in [0.25, 0.3) is 0 Å². The number of amides is 2. The van der Waals surface area contributed by atoms with Crippen LogP contribution in [-0.2, 0) is 9.59 Å². The van der Waals surface area contributed by atoms with Gasteiger partial charge in [0.05, 0.1) is 0 Å². The van der Waals surface area contributed by atoms with E-state index < -0.39 is 6.04 Å². The molecule has 4 nitrogen and oxygen atoms in total. The molecule has 0 spiro atoms. The van der Waals surface area contributed by atoms with E-state index in [9.17, 15) is 9.59 Å². The van der Waals surface area contributed by atoms with Crippen molar-refractivity contribution in [1.82, 2.24) is 10.6 Å². The maximum absolute atomic E-state index is 11.7. The number of nitrogens with one attached hydrogen (secondary N) is 2. The van der Waals surface area contributed by atoms with Gasteiger partial charge in [0.1, 0.15) is 6.04 Å². The van der Waals surface area contributed by atoms with E-state index in [1.165, 1.54) is 6.92 Å². The predicted octanol–water partition coefficient (Wildman–Crippen LogP) is 0.829. The Bertz CT molecular complexity index is 244. The van der Waals surface area contributed by atoms with Gasteiger partial charge in [0, 0.05) is 19.2 Å². The fourth-order valence-electron chi connectivity index (χ4n) is 1.06. The summed E-state index contributed by atoms with van der Waals surface area (Å²) in [5.74, 6) is 0.864. The van der Waals surface area contributed by atoms with Crippen molar-refractivity contribution >= 4 is 24.4 Å². The first-order valence-electron chi connectivity index (χ1n) is 5.54. The minimum atomic E-state index is -0.541. The molecule has 0 saturated heterocycles. The van der Waals surface area contributed by atoms with E-state index in [1.807, 2.05) is 0 Å². The second-order valence-corrected chi connectivity index (χ2v) is 4.77. The predicted molar refractivity (Wildman–Crippen MR) is 68.5 cm³/mol. The van der Waals surface area contributed by atoms with Crippen LogP contribution in [0.3, 0.4) is 0 Å². The van der Waals surface area contributed by atoms with Crippen molar-refractivity contribution < 1.29 is 9.59 Å². The lowest BCUT2D eigenvalue weighted by molar-refractivity contribution is -0.127. The molecular weight excluding hydrogens is 224 g/mol. The van der Waals surface area contributed by atoms with Crippen LogP contribution in [0.5, 0.6) is 0 Å².